The third-order valence-corrected chi connectivity index (χ3v) is 11.7. The van der Waals surface area contributed by atoms with E-state index >= 15 is 0 Å². The van der Waals surface area contributed by atoms with Crippen LogP contribution < -0.4 is 0 Å². The van der Waals surface area contributed by atoms with Crippen molar-refractivity contribution < 1.29 is 22.5 Å². The third-order valence-electron chi connectivity index (χ3n) is 2.20. The summed E-state index contributed by atoms with van der Waals surface area (Å²) in [7, 11) is -3.47. The lowest BCUT2D eigenvalue weighted by atomic mass is 10.6. The van der Waals surface area contributed by atoms with Crippen molar-refractivity contribution in [2.45, 2.75) is 33.2 Å². The van der Waals surface area contributed by atoms with Crippen LogP contribution in [0.15, 0.2) is 0 Å². The van der Waals surface area contributed by atoms with Crippen LogP contribution in [-0.4, -0.2) is 35.7 Å². The van der Waals surface area contributed by atoms with Gasteiger partial charge in [-0.1, -0.05) is 13.3 Å². The summed E-state index contributed by atoms with van der Waals surface area (Å²) >= 11 is 0. The van der Waals surface area contributed by atoms with E-state index in [1.807, 2.05) is 20.8 Å². The molecule has 0 spiro atoms. The van der Waals surface area contributed by atoms with Crippen LogP contribution in [0.1, 0.15) is 27.2 Å². The van der Waals surface area contributed by atoms with Gasteiger partial charge in [0.25, 0.3) is 0 Å². The van der Waals surface area contributed by atoms with E-state index in [1.54, 1.807) is 0 Å². The van der Waals surface area contributed by atoms with E-state index in [-0.39, 0.29) is 0 Å². The van der Waals surface area contributed by atoms with Crippen molar-refractivity contribution in [3.8, 4) is 0 Å². The fraction of sp³-hybridized carbons (Fsp3) is 1.00. The second kappa shape index (κ2) is 7.58. The molecule has 7 heteroatoms. The van der Waals surface area contributed by atoms with E-state index in [9.17, 15) is 4.57 Å². The summed E-state index contributed by atoms with van der Waals surface area (Å²) in [4.78, 5) is 0. The van der Waals surface area contributed by atoms with Crippen LogP contribution in [-0.2, 0) is 22.5 Å². The van der Waals surface area contributed by atoms with Crippen LogP contribution in [0.5, 0.6) is 0 Å². The molecule has 0 heterocycles. The first-order valence-corrected chi connectivity index (χ1v) is 9.96. The average molecular weight is 270 g/mol. The minimum absolute atomic E-state index is 0.447. The number of hydrogen-bond donors (Lipinski definition) is 0. The maximum absolute atomic E-state index is 12.5. The summed E-state index contributed by atoms with van der Waals surface area (Å²) in [5, 5.41) is 0. The molecule has 0 rings (SSSR count). The van der Waals surface area contributed by atoms with Crippen molar-refractivity contribution in [3.63, 3.8) is 0 Å². The molecule has 0 aromatic carbocycles. The molecule has 0 amide bonds. The summed E-state index contributed by atoms with van der Waals surface area (Å²) in [5.41, 5.74) is 0. The molecule has 0 aromatic heterocycles. The first-order valence-electron chi connectivity index (χ1n) is 5.55. The highest BCUT2D eigenvalue weighted by Crippen LogP contribution is 2.58. The van der Waals surface area contributed by atoms with E-state index in [0.717, 1.165) is 6.42 Å². The predicted molar refractivity (Wildman–Crippen MR) is 65.7 cm³/mol. The van der Waals surface area contributed by atoms with Crippen LogP contribution in [0, 0.1) is 0 Å². The Labute approximate surface area is 99.1 Å². The Balaban J connectivity index is 5.19. The summed E-state index contributed by atoms with van der Waals surface area (Å²) in [5.74, 6) is 0. The van der Waals surface area contributed by atoms with Crippen LogP contribution in [0.25, 0.3) is 0 Å². The zero-order valence-electron chi connectivity index (χ0n) is 10.8. The zero-order valence-corrected chi connectivity index (χ0v) is 12.7. The van der Waals surface area contributed by atoms with Crippen molar-refractivity contribution in [1.29, 1.82) is 0 Å². The standard InChI is InChI=1S/C9H23O5PSi/c1-6-9-16(13-7-2,14-8-3)15(10,11-4)12-5/h6-9H2,1-5H3. The lowest BCUT2D eigenvalue weighted by Crippen LogP contribution is -2.43. The fourth-order valence-electron chi connectivity index (χ4n) is 1.60. The Hall–Kier alpha value is 0.287. The minimum Gasteiger partial charge on any atom is -0.386 e. The molecule has 0 bridgehead atoms. The SMILES string of the molecule is CCC[Si](OCC)(OCC)P(=O)(OC)OC. The largest absolute Gasteiger partial charge is 0.469 e. The molecule has 0 saturated carbocycles. The molecule has 0 unspecified atom stereocenters. The van der Waals surface area contributed by atoms with Crippen molar-refractivity contribution in [3.05, 3.63) is 0 Å². The molecule has 16 heavy (non-hydrogen) atoms. The first-order chi connectivity index (χ1) is 7.55. The molecule has 0 N–H and O–H groups in total. The summed E-state index contributed by atoms with van der Waals surface area (Å²) in [6.45, 7) is 6.60. The van der Waals surface area contributed by atoms with Gasteiger partial charge in [0.05, 0.1) is 0 Å². The van der Waals surface area contributed by atoms with Gasteiger partial charge in [0.2, 0.25) is 0 Å². The number of hydrogen-bond acceptors (Lipinski definition) is 5. The van der Waals surface area contributed by atoms with Gasteiger partial charge in [-0.2, -0.15) is 0 Å². The molecule has 0 saturated heterocycles. The van der Waals surface area contributed by atoms with Gasteiger partial charge in [-0.25, -0.2) is 0 Å². The first kappa shape index (κ1) is 16.3. The monoisotopic (exact) mass is 270 g/mol. The zero-order chi connectivity index (χ0) is 12.7. The van der Waals surface area contributed by atoms with E-state index in [4.69, 9.17) is 17.9 Å². The Morgan fingerprint density at radius 3 is 1.69 bits per heavy atom. The molecule has 0 aliphatic carbocycles. The summed E-state index contributed by atoms with van der Waals surface area (Å²) in [6, 6.07) is 0.605. The van der Waals surface area contributed by atoms with Gasteiger partial charge in [0.15, 0.2) is 0 Å². The van der Waals surface area contributed by atoms with Crippen molar-refractivity contribution in [2.24, 2.45) is 0 Å². The summed E-state index contributed by atoms with van der Waals surface area (Å²) < 4.78 is 33.9. The molecule has 0 fully saturated rings. The van der Waals surface area contributed by atoms with Crippen LogP contribution in [0.2, 0.25) is 6.04 Å². The second-order valence-corrected chi connectivity index (χ2v) is 11.1. The lowest BCUT2D eigenvalue weighted by molar-refractivity contribution is 0.179. The maximum Gasteiger partial charge on any atom is 0.469 e. The van der Waals surface area contributed by atoms with E-state index in [1.165, 1.54) is 14.2 Å². The highest BCUT2D eigenvalue weighted by Gasteiger charge is 2.57. The van der Waals surface area contributed by atoms with Gasteiger partial charge in [-0.3, -0.25) is 4.57 Å². The van der Waals surface area contributed by atoms with Crippen LogP contribution in [0.4, 0.5) is 0 Å². The van der Waals surface area contributed by atoms with Crippen LogP contribution in [0.3, 0.4) is 0 Å². The molecule has 98 valence electrons. The van der Waals surface area contributed by atoms with E-state index in [2.05, 4.69) is 0 Å². The molecule has 0 aromatic rings. The van der Waals surface area contributed by atoms with Crippen molar-refractivity contribution >= 4 is 15.4 Å². The third kappa shape index (κ3) is 3.39. The Morgan fingerprint density at radius 1 is 1.00 bits per heavy atom. The Bertz CT molecular complexity index is 211. The highest BCUT2D eigenvalue weighted by atomic mass is 31.5. The average Bonchev–Trinajstić information content (AvgIpc) is 2.28. The summed E-state index contributed by atoms with van der Waals surface area (Å²) in [6.07, 6.45) is 0.822. The lowest BCUT2D eigenvalue weighted by Gasteiger charge is -2.33. The van der Waals surface area contributed by atoms with Crippen molar-refractivity contribution in [2.75, 3.05) is 27.4 Å². The van der Waals surface area contributed by atoms with Gasteiger partial charge in [0, 0.05) is 33.5 Å². The molecular weight excluding hydrogens is 247 g/mol. The minimum atomic E-state index is -3.28. The molecule has 0 aliphatic rings. The van der Waals surface area contributed by atoms with E-state index < -0.39 is 15.4 Å². The molecule has 0 radical (unpaired) electrons. The normalized spacial score (nSPS) is 13.1. The topological polar surface area (TPSA) is 54.0 Å². The quantitative estimate of drug-likeness (QED) is 0.476. The van der Waals surface area contributed by atoms with Gasteiger partial charge in [0.1, 0.15) is 0 Å². The number of rotatable bonds is 9. The van der Waals surface area contributed by atoms with Gasteiger partial charge < -0.3 is 17.9 Å². The Morgan fingerprint density at radius 2 is 1.44 bits per heavy atom. The van der Waals surface area contributed by atoms with Gasteiger partial charge in [-0.15, -0.1) is 0 Å². The smallest absolute Gasteiger partial charge is 0.386 e. The predicted octanol–water partition coefficient (Wildman–Crippen LogP) is 2.89. The van der Waals surface area contributed by atoms with Crippen molar-refractivity contribution in [1.82, 2.24) is 0 Å². The molecule has 0 aliphatic heterocycles. The second-order valence-electron chi connectivity index (χ2n) is 3.19. The van der Waals surface area contributed by atoms with Gasteiger partial charge in [-0.05, 0) is 13.8 Å². The molecule has 5 nitrogen and oxygen atoms in total. The van der Waals surface area contributed by atoms with Gasteiger partial charge >= 0.3 is 15.4 Å². The maximum atomic E-state index is 12.5. The van der Waals surface area contributed by atoms with E-state index in [0.29, 0.717) is 19.3 Å². The molecule has 0 atom stereocenters. The molecular formula is C9H23O5PSi. The van der Waals surface area contributed by atoms with Crippen LogP contribution >= 0.6 is 7.14 Å². The Kier molecular flexibility index (Phi) is 7.72. The fourth-order valence-corrected chi connectivity index (χ4v) is 9.69. The highest BCUT2D eigenvalue weighted by molar-refractivity contribution is 7.90.